The zero-order chi connectivity index (χ0) is 14.6. The number of amides is 1. The van der Waals surface area contributed by atoms with Crippen LogP contribution < -0.4 is 10.6 Å². The Hall–Kier alpha value is -1.57. The maximum absolute atomic E-state index is 11.9. The van der Waals surface area contributed by atoms with Gasteiger partial charge in [-0.25, -0.2) is 0 Å². The van der Waals surface area contributed by atoms with Crippen molar-refractivity contribution in [3.8, 4) is 0 Å². The van der Waals surface area contributed by atoms with Crippen LogP contribution in [0.1, 0.15) is 30.0 Å². The van der Waals surface area contributed by atoms with E-state index < -0.39 is 25.2 Å². The molecule has 108 valence electrons. The minimum atomic E-state index is -4.33. The van der Waals surface area contributed by atoms with Crippen molar-refractivity contribution in [1.29, 1.82) is 0 Å². The first-order valence-electron chi connectivity index (χ1n) is 5.70. The average molecular weight is 279 g/mol. The van der Waals surface area contributed by atoms with E-state index in [9.17, 15) is 18.0 Å². The van der Waals surface area contributed by atoms with Gasteiger partial charge in [-0.05, 0) is 20.8 Å². The molecule has 0 saturated carbocycles. The summed E-state index contributed by atoms with van der Waals surface area (Å²) in [6.45, 7) is 3.57. The summed E-state index contributed by atoms with van der Waals surface area (Å²) in [7, 11) is 0. The van der Waals surface area contributed by atoms with Crippen LogP contribution in [-0.4, -0.2) is 30.3 Å². The smallest absolute Gasteiger partial charge is 0.361 e. The van der Waals surface area contributed by atoms with Crippen molar-refractivity contribution in [3.05, 3.63) is 17.0 Å². The summed E-state index contributed by atoms with van der Waals surface area (Å²) in [5.74, 6) is 0.0605. The molecular weight excluding hydrogens is 263 g/mol. The minimum Gasteiger partial charge on any atom is -0.361 e. The summed E-state index contributed by atoms with van der Waals surface area (Å²) in [5, 5.41) is 8.36. The van der Waals surface area contributed by atoms with Gasteiger partial charge in [0.1, 0.15) is 5.76 Å². The van der Waals surface area contributed by atoms with Gasteiger partial charge in [-0.1, -0.05) is 5.16 Å². The van der Waals surface area contributed by atoms with Gasteiger partial charge in [-0.2, -0.15) is 13.2 Å². The molecule has 19 heavy (non-hydrogen) atoms. The molecule has 1 atom stereocenters. The van der Waals surface area contributed by atoms with Gasteiger partial charge in [0.15, 0.2) is 0 Å². The van der Waals surface area contributed by atoms with E-state index in [0.717, 1.165) is 5.56 Å². The standard InChI is InChI=1S/C11H16F3N3O2/c1-6(10-7(2)17-19-8(10)3)16-9(18)4-15-5-11(12,13)14/h6,15H,4-5H2,1-3H3,(H,16,18). The number of aromatic nitrogens is 1. The molecule has 1 heterocycles. The van der Waals surface area contributed by atoms with E-state index in [1.54, 1.807) is 20.8 Å². The highest BCUT2D eigenvalue weighted by atomic mass is 19.4. The highest BCUT2D eigenvalue weighted by molar-refractivity contribution is 5.78. The molecular formula is C11H16F3N3O2. The van der Waals surface area contributed by atoms with Gasteiger partial charge in [0.25, 0.3) is 0 Å². The van der Waals surface area contributed by atoms with Crippen molar-refractivity contribution in [1.82, 2.24) is 15.8 Å². The molecule has 1 unspecified atom stereocenters. The Labute approximate surface area is 108 Å². The minimum absolute atomic E-state index is 0.369. The van der Waals surface area contributed by atoms with Gasteiger partial charge < -0.3 is 15.2 Å². The van der Waals surface area contributed by atoms with Gasteiger partial charge in [-0.3, -0.25) is 4.79 Å². The fourth-order valence-electron chi connectivity index (χ4n) is 1.79. The van der Waals surface area contributed by atoms with Crippen molar-refractivity contribution in [2.45, 2.75) is 33.0 Å². The Morgan fingerprint density at radius 1 is 1.42 bits per heavy atom. The van der Waals surface area contributed by atoms with Gasteiger partial charge in [0, 0.05) is 5.56 Å². The third-order valence-corrected chi connectivity index (χ3v) is 2.51. The first-order chi connectivity index (χ1) is 8.70. The lowest BCUT2D eigenvalue weighted by Gasteiger charge is -2.14. The second-order valence-electron chi connectivity index (χ2n) is 4.25. The summed E-state index contributed by atoms with van der Waals surface area (Å²) in [6, 6.07) is -0.369. The second-order valence-corrected chi connectivity index (χ2v) is 4.25. The molecule has 0 saturated heterocycles. The number of aryl methyl sites for hydroxylation is 2. The Kier molecular flexibility index (Phi) is 4.93. The molecule has 0 aliphatic heterocycles. The molecule has 0 bridgehead atoms. The maximum Gasteiger partial charge on any atom is 0.401 e. The molecule has 5 nitrogen and oxygen atoms in total. The highest BCUT2D eigenvalue weighted by Gasteiger charge is 2.26. The molecule has 0 spiro atoms. The van der Waals surface area contributed by atoms with Gasteiger partial charge in [0.05, 0.1) is 24.8 Å². The molecule has 0 aliphatic carbocycles. The number of nitrogens with zero attached hydrogens (tertiary/aromatic N) is 1. The highest BCUT2D eigenvalue weighted by Crippen LogP contribution is 2.20. The van der Waals surface area contributed by atoms with Crippen LogP contribution in [0.4, 0.5) is 13.2 Å². The number of halogens is 3. The Morgan fingerprint density at radius 3 is 2.53 bits per heavy atom. The number of nitrogens with one attached hydrogen (secondary N) is 2. The summed E-state index contributed by atoms with van der Waals surface area (Å²) in [4.78, 5) is 11.5. The number of rotatable bonds is 5. The molecule has 0 fully saturated rings. The molecule has 1 rings (SSSR count). The van der Waals surface area contributed by atoms with Crippen LogP contribution in [0, 0.1) is 13.8 Å². The first kappa shape index (κ1) is 15.5. The predicted octanol–water partition coefficient (Wildman–Crippen LogP) is 1.62. The van der Waals surface area contributed by atoms with Crippen molar-refractivity contribution in [2.24, 2.45) is 0 Å². The lowest BCUT2D eigenvalue weighted by Crippen LogP contribution is -2.39. The topological polar surface area (TPSA) is 67.2 Å². The van der Waals surface area contributed by atoms with Crippen molar-refractivity contribution in [3.63, 3.8) is 0 Å². The van der Waals surface area contributed by atoms with E-state index in [-0.39, 0.29) is 6.04 Å². The van der Waals surface area contributed by atoms with Crippen LogP contribution in [0.5, 0.6) is 0 Å². The molecule has 8 heteroatoms. The summed E-state index contributed by atoms with van der Waals surface area (Å²) >= 11 is 0. The predicted molar refractivity (Wildman–Crippen MR) is 61.5 cm³/mol. The number of carbonyl (C=O) groups excluding carboxylic acids is 1. The Balaban J connectivity index is 2.45. The lowest BCUT2D eigenvalue weighted by molar-refractivity contribution is -0.128. The summed E-state index contributed by atoms with van der Waals surface area (Å²) in [5.41, 5.74) is 1.39. The van der Waals surface area contributed by atoms with Crippen molar-refractivity contribution < 1.29 is 22.5 Å². The van der Waals surface area contributed by atoms with E-state index in [2.05, 4.69) is 10.5 Å². The first-order valence-corrected chi connectivity index (χ1v) is 5.70. The zero-order valence-corrected chi connectivity index (χ0v) is 10.9. The SMILES string of the molecule is Cc1noc(C)c1C(C)NC(=O)CNCC(F)(F)F. The fraction of sp³-hybridized carbons (Fsp3) is 0.636. The molecule has 2 N–H and O–H groups in total. The van der Waals surface area contributed by atoms with E-state index in [4.69, 9.17) is 4.52 Å². The van der Waals surface area contributed by atoms with Crippen molar-refractivity contribution in [2.75, 3.05) is 13.1 Å². The van der Waals surface area contributed by atoms with Crippen LogP contribution in [0.15, 0.2) is 4.52 Å². The molecule has 1 aromatic rings. The van der Waals surface area contributed by atoms with E-state index in [1.165, 1.54) is 0 Å². The number of carbonyl (C=O) groups is 1. The van der Waals surface area contributed by atoms with Gasteiger partial charge >= 0.3 is 6.18 Å². The molecule has 0 aliphatic rings. The number of hydrogen-bond acceptors (Lipinski definition) is 4. The van der Waals surface area contributed by atoms with Crippen LogP contribution >= 0.6 is 0 Å². The average Bonchev–Trinajstić information content (AvgIpc) is 2.56. The summed E-state index contributed by atoms with van der Waals surface area (Å²) in [6.07, 6.45) is -4.33. The molecule has 1 amide bonds. The van der Waals surface area contributed by atoms with E-state index in [0.29, 0.717) is 11.5 Å². The van der Waals surface area contributed by atoms with Crippen LogP contribution in [-0.2, 0) is 4.79 Å². The third kappa shape index (κ3) is 4.90. The maximum atomic E-state index is 11.9. The van der Waals surface area contributed by atoms with E-state index in [1.807, 2.05) is 5.32 Å². The van der Waals surface area contributed by atoms with Gasteiger partial charge in [0.2, 0.25) is 5.91 Å². The lowest BCUT2D eigenvalue weighted by atomic mass is 10.1. The zero-order valence-electron chi connectivity index (χ0n) is 10.9. The third-order valence-electron chi connectivity index (χ3n) is 2.51. The number of alkyl halides is 3. The quantitative estimate of drug-likeness (QED) is 0.859. The normalized spacial score (nSPS) is 13.4. The second kappa shape index (κ2) is 6.05. The Bertz CT molecular complexity index is 423. The Morgan fingerprint density at radius 2 is 2.05 bits per heavy atom. The van der Waals surface area contributed by atoms with Crippen molar-refractivity contribution >= 4 is 5.91 Å². The molecule has 1 aromatic heterocycles. The van der Waals surface area contributed by atoms with Crippen LogP contribution in [0.25, 0.3) is 0 Å². The van der Waals surface area contributed by atoms with Crippen LogP contribution in [0.2, 0.25) is 0 Å². The summed E-state index contributed by atoms with van der Waals surface area (Å²) < 4.78 is 40.6. The molecule has 0 aromatic carbocycles. The molecule has 0 radical (unpaired) electrons. The van der Waals surface area contributed by atoms with Gasteiger partial charge in [-0.15, -0.1) is 0 Å². The monoisotopic (exact) mass is 279 g/mol. The van der Waals surface area contributed by atoms with Crippen LogP contribution in [0.3, 0.4) is 0 Å². The largest absolute Gasteiger partial charge is 0.401 e. The fourth-order valence-corrected chi connectivity index (χ4v) is 1.79. The number of hydrogen-bond donors (Lipinski definition) is 2. The van der Waals surface area contributed by atoms with E-state index >= 15 is 0 Å².